The molecule has 1 saturated carbocycles. The number of aromatic nitrogens is 1. The molecule has 1 aromatic rings. The lowest BCUT2D eigenvalue weighted by Gasteiger charge is -2.35. The Hall–Kier alpha value is -2.11. The second-order valence-corrected chi connectivity index (χ2v) is 8.78. The van der Waals surface area contributed by atoms with Crippen LogP contribution in [-0.4, -0.2) is 29.1 Å². The summed E-state index contributed by atoms with van der Waals surface area (Å²) in [5.74, 6) is -0.873. The average molecular weight is 433 g/mol. The molecule has 1 heterocycles. The minimum Gasteiger partial charge on any atom is -0.467 e. The number of aryl methyl sites for hydroxylation is 1. The lowest BCUT2D eigenvalue weighted by molar-refractivity contribution is -0.149. The van der Waals surface area contributed by atoms with Crippen LogP contribution in [0.25, 0.3) is 0 Å². The number of pyridine rings is 1. The smallest absolute Gasteiger partial charge is 0.331 e. The summed E-state index contributed by atoms with van der Waals surface area (Å²) >= 11 is 0. The zero-order chi connectivity index (χ0) is 22.9. The molecule has 0 atom stereocenters. The molecule has 1 N–H and O–H groups in total. The number of rotatable bonds is 11. The Labute approximate surface area is 186 Å². The van der Waals surface area contributed by atoms with Crippen LogP contribution in [0.15, 0.2) is 10.9 Å². The number of methoxy groups -OCH3 is 1. The molecule has 0 radical (unpaired) electrons. The van der Waals surface area contributed by atoms with E-state index in [0.29, 0.717) is 19.4 Å². The lowest BCUT2D eigenvalue weighted by atomic mass is 9.81. The van der Waals surface area contributed by atoms with Gasteiger partial charge >= 0.3 is 5.97 Å². The number of unbranched alkanes of at least 4 members (excludes halogenated alkanes) is 2. The number of nitrogens with zero attached hydrogens (tertiary/aromatic N) is 1. The molecule has 31 heavy (non-hydrogen) atoms. The van der Waals surface area contributed by atoms with Gasteiger partial charge < -0.3 is 14.6 Å². The third-order valence-corrected chi connectivity index (χ3v) is 6.39. The van der Waals surface area contributed by atoms with E-state index in [4.69, 9.17) is 4.74 Å². The standard InChI is InChI=1S/C25H40N2O4/c1-5-8-14-21-19(13-7-3)18-20(23(29)27(21)17-9-6-2)22(28)26-25(24(30)31-4)15-11-10-12-16-25/h18H,5-17H2,1-4H3,(H,26,28). The van der Waals surface area contributed by atoms with Crippen LogP contribution in [0.4, 0.5) is 0 Å². The van der Waals surface area contributed by atoms with Crippen LogP contribution in [0.3, 0.4) is 0 Å². The van der Waals surface area contributed by atoms with Crippen molar-refractivity contribution >= 4 is 11.9 Å². The molecule has 0 bridgehead atoms. The fraction of sp³-hybridized carbons (Fsp3) is 0.720. The molecule has 6 heteroatoms. The Balaban J connectivity index is 2.50. The first kappa shape index (κ1) is 25.2. The van der Waals surface area contributed by atoms with Gasteiger partial charge in [-0.05, 0) is 50.2 Å². The van der Waals surface area contributed by atoms with Gasteiger partial charge in [-0.15, -0.1) is 0 Å². The van der Waals surface area contributed by atoms with Crippen molar-refractivity contribution in [3.8, 4) is 0 Å². The van der Waals surface area contributed by atoms with Crippen molar-refractivity contribution in [3.05, 3.63) is 33.2 Å². The highest BCUT2D eigenvalue weighted by molar-refractivity contribution is 5.98. The van der Waals surface area contributed by atoms with Crippen molar-refractivity contribution in [2.24, 2.45) is 0 Å². The van der Waals surface area contributed by atoms with E-state index < -0.39 is 17.4 Å². The Morgan fingerprint density at radius 1 is 1.03 bits per heavy atom. The minimum atomic E-state index is -1.03. The SMILES string of the molecule is CCCCc1c(CCC)cc(C(=O)NC2(C(=O)OC)CCCCC2)c(=O)n1CCCC. The molecular weight excluding hydrogens is 392 g/mol. The molecule has 1 fully saturated rings. The zero-order valence-corrected chi connectivity index (χ0v) is 19.8. The van der Waals surface area contributed by atoms with Gasteiger partial charge in [0.2, 0.25) is 0 Å². The summed E-state index contributed by atoms with van der Waals surface area (Å²) in [4.78, 5) is 39.3. The predicted octanol–water partition coefficient (Wildman–Crippen LogP) is 4.55. The summed E-state index contributed by atoms with van der Waals surface area (Å²) < 4.78 is 6.85. The molecular formula is C25H40N2O4. The van der Waals surface area contributed by atoms with Crippen molar-refractivity contribution in [2.75, 3.05) is 7.11 Å². The molecule has 1 aliphatic carbocycles. The van der Waals surface area contributed by atoms with Crippen LogP contribution in [0, 0.1) is 0 Å². The maximum atomic E-state index is 13.4. The molecule has 6 nitrogen and oxygen atoms in total. The zero-order valence-electron chi connectivity index (χ0n) is 19.8. The van der Waals surface area contributed by atoms with Crippen molar-refractivity contribution in [3.63, 3.8) is 0 Å². The Bertz CT molecular complexity index is 806. The maximum absolute atomic E-state index is 13.4. The quantitative estimate of drug-likeness (QED) is 0.521. The Morgan fingerprint density at radius 2 is 1.71 bits per heavy atom. The molecule has 0 aliphatic heterocycles. The highest BCUT2D eigenvalue weighted by Crippen LogP contribution is 2.30. The van der Waals surface area contributed by atoms with Crippen LogP contribution < -0.4 is 10.9 Å². The minimum absolute atomic E-state index is 0.147. The summed E-state index contributed by atoms with van der Waals surface area (Å²) in [7, 11) is 1.35. The highest BCUT2D eigenvalue weighted by atomic mass is 16.5. The van der Waals surface area contributed by atoms with Gasteiger partial charge in [-0.2, -0.15) is 0 Å². The van der Waals surface area contributed by atoms with Crippen LogP contribution in [-0.2, 0) is 28.9 Å². The van der Waals surface area contributed by atoms with Gasteiger partial charge in [0.05, 0.1) is 7.11 Å². The van der Waals surface area contributed by atoms with Gasteiger partial charge in [-0.25, -0.2) is 4.79 Å². The summed E-state index contributed by atoms with van der Waals surface area (Å²) in [5, 5.41) is 2.93. The number of carbonyl (C=O) groups is 2. The van der Waals surface area contributed by atoms with Crippen molar-refractivity contribution < 1.29 is 14.3 Å². The number of esters is 1. The highest BCUT2D eigenvalue weighted by Gasteiger charge is 2.42. The summed E-state index contributed by atoms with van der Waals surface area (Å²) in [6.07, 6.45) is 10.4. The first-order valence-electron chi connectivity index (χ1n) is 12.1. The molecule has 0 spiro atoms. The van der Waals surface area contributed by atoms with Crippen LogP contribution in [0.2, 0.25) is 0 Å². The van der Waals surface area contributed by atoms with E-state index in [1.54, 1.807) is 6.07 Å². The summed E-state index contributed by atoms with van der Waals surface area (Å²) in [6, 6.07) is 1.78. The number of hydrogen-bond acceptors (Lipinski definition) is 4. The van der Waals surface area contributed by atoms with E-state index in [1.807, 2.05) is 4.57 Å². The first-order valence-corrected chi connectivity index (χ1v) is 12.1. The van der Waals surface area contributed by atoms with E-state index in [9.17, 15) is 14.4 Å². The molecule has 1 aliphatic rings. The molecule has 0 aromatic carbocycles. The predicted molar refractivity (Wildman–Crippen MR) is 124 cm³/mol. The molecule has 1 amide bonds. The third-order valence-electron chi connectivity index (χ3n) is 6.39. The summed E-state index contributed by atoms with van der Waals surface area (Å²) in [6.45, 7) is 6.98. The van der Waals surface area contributed by atoms with Gasteiger partial charge in [-0.3, -0.25) is 9.59 Å². The second kappa shape index (κ2) is 12.1. The summed E-state index contributed by atoms with van der Waals surface area (Å²) in [5.41, 5.74) is 1.02. The van der Waals surface area contributed by atoms with E-state index in [-0.39, 0.29) is 11.1 Å². The van der Waals surface area contributed by atoms with E-state index in [1.165, 1.54) is 7.11 Å². The van der Waals surface area contributed by atoms with Crippen LogP contribution in [0.1, 0.15) is 107 Å². The molecule has 174 valence electrons. The van der Waals surface area contributed by atoms with Gasteiger partial charge in [0.25, 0.3) is 11.5 Å². The number of carbonyl (C=O) groups excluding carboxylic acids is 2. The first-order chi connectivity index (χ1) is 14.9. The number of amides is 1. The molecule has 0 saturated heterocycles. The van der Waals surface area contributed by atoms with Crippen molar-refractivity contribution in [1.82, 2.24) is 9.88 Å². The topological polar surface area (TPSA) is 77.4 Å². The number of ether oxygens (including phenoxy) is 1. The molecule has 1 aromatic heterocycles. The Morgan fingerprint density at radius 3 is 2.29 bits per heavy atom. The van der Waals surface area contributed by atoms with Gasteiger partial charge in [0, 0.05) is 12.2 Å². The monoisotopic (exact) mass is 432 g/mol. The fourth-order valence-corrected chi connectivity index (χ4v) is 4.62. The van der Waals surface area contributed by atoms with Gasteiger partial charge in [0.15, 0.2) is 0 Å². The molecule has 0 unspecified atom stereocenters. The van der Waals surface area contributed by atoms with Gasteiger partial charge in [-0.1, -0.05) is 59.3 Å². The van der Waals surface area contributed by atoms with Crippen molar-refractivity contribution in [2.45, 2.75) is 110 Å². The lowest BCUT2D eigenvalue weighted by Crippen LogP contribution is -2.57. The van der Waals surface area contributed by atoms with Gasteiger partial charge in [0.1, 0.15) is 11.1 Å². The number of nitrogens with one attached hydrogen (secondary N) is 1. The van der Waals surface area contributed by atoms with Crippen LogP contribution >= 0.6 is 0 Å². The fourth-order valence-electron chi connectivity index (χ4n) is 4.62. The van der Waals surface area contributed by atoms with Crippen LogP contribution in [0.5, 0.6) is 0 Å². The molecule has 2 rings (SSSR count). The Kier molecular flexibility index (Phi) is 9.79. The largest absolute Gasteiger partial charge is 0.467 e. The van der Waals surface area contributed by atoms with E-state index in [2.05, 4.69) is 26.1 Å². The number of hydrogen-bond donors (Lipinski definition) is 1. The average Bonchev–Trinajstić information content (AvgIpc) is 2.78. The third kappa shape index (κ3) is 5.98. The van der Waals surface area contributed by atoms with E-state index in [0.717, 1.165) is 75.5 Å². The second-order valence-electron chi connectivity index (χ2n) is 8.78. The normalized spacial score (nSPS) is 15.5. The van der Waals surface area contributed by atoms with Crippen molar-refractivity contribution in [1.29, 1.82) is 0 Å². The van der Waals surface area contributed by atoms with E-state index >= 15 is 0 Å². The maximum Gasteiger partial charge on any atom is 0.331 e.